The van der Waals surface area contributed by atoms with Crippen LogP contribution in [0.1, 0.15) is 11.5 Å². The number of aromatic nitrogens is 6. The maximum atomic E-state index is 12.8. The van der Waals surface area contributed by atoms with Crippen molar-refractivity contribution in [2.75, 3.05) is 0 Å². The van der Waals surface area contributed by atoms with E-state index < -0.39 is 0 Å². The Labute approximate surface area is 135 Å². The minimum atomic E-state index is -0.305. The van der Waals surface area contributed by atoms with Gasteiger partial charge in [0.25, 0.3) is 17.1 Å². The molecule has 24 heavy (non-hydrogen) atoms. The van der Waals surface area contributed by atoms with Gasteiger partial charge in [0, 0.05) is 11.8 Å². The summed E-state index contributed by atoms with van der Waals surface area (Å²) in [4.78, 5) is 29.5. The lowest BCUT2D eigenvalue weighted by Crippen LogP contribution is -2.22. The number of rotatable bonds is 2. The largest absolute Gasteiger partial charge is 0.290 e. The summed E-state index contributed by atoms with van der Waals surface area (Å²) in [6.07, 6.45) is 0. The number of nitrogens with zero attached hydrogens (tertiary/aromatic N) is 4. The number of para-hydroxylation sites is 1. The normalized spacial score (nSPS) is 11.2. The van der Waals surface area contributed by atoms with E-state index in [1.807, 2.05) is 30.3 Å². The first-order chi connectivity index (χ1) is 11.6. The zero-order chi connectivity index (χ0) is 16.8. The van der Waals surface area contributed by atoms with Gasteiger partial charge in [-0.05, 0) is 26.0 Å². The third-order valence-electron chi connectivity index (χ3n) is 3.90. The zero-order valence-electron chi connectivity index (χ0n) is 13.1. The summed E-state index contributed by atoms with van der Waals surface area (Å²) >= 11 is 0. The van der Waals surface area contributed by atoms with E-state index in [4.69, 9.17) is 0 Å². The van der Waals surface area contributed by atoms with E-state index >= 15 is 0 Å². The van der Waals surface area contributed by atoms with E-state index in [1.54, 1.807) is 13.8 Å². The van der Waals surface area contributed by atoms with Crippen molar-refractivity contribution >= 4 is 10.9 Å². The molecule has 120 valence electrons. The van der Waals surface area contributed by atoms with E-state index in [-0.39, 0.29) is 17.1 Å². The van der Waals surface area contributed by atoms with E-state index in [1.165, 1.54) is 15.3 Å². The highest BCUT2D eigenvalue weighted by atomic mass is 16.1. The molecule has 0 aliphatic carbocycles. The van der Waals surface area contributed by atoms with Crippen LogP contribution in [0.3, 0.4) is 0 Å². The number of pyridine rings is 1. The van der Waals surface area contributed by atoms with Gasteiger partial charge in [0.15, 0.2) is 0 Å². The molecule has 0 saturated carbocycles. The van der Waals surface area contributed by atoms with Crippen LogP contribution in [0.5, 0.6) is 0 Å². The Morgan fingerprint density at radius 1 is 1.08 bits per heavy atom. The van der Waals surface area contributed by atoms with Crippen molar-refractivity contribution in [1.82, 2.24) is 29.5 Å². The molecule has 0 unspecified atom stereocenters. The van der Waals surface area contributed by atoms with Gasteiger partial charge >= 0.3 is 0 Å². The van der Waals surface area contributed by atoms with Crippen LogP contribution in [-0.4, -0.2) is 29.5 Å². The number of hydrogen-bond acceptors (Lipinski definition) is 4. The molecule has 8 nitrogen and oxygen atoms in total. The number of benzene rings is 1. The van der Waals surface area contributed by atoms with Crippen molar-refractivity contribution in [3.05, 3.63) is 68.6 Å². The molecule has 4 rings (SSSR count). The van der Waals surface area contributed by atoms with Crippen LogP contribution in [0.25, 0.3) is 22.5 Å². The molecule has 0 aliphatic rings. The molecule has 1 aromatic carbocycles. The van der Waals surface area contributed by atoms with E-state index in [9.17, 15) is 9.59 Å². The fourth-order valence-corrected chi connectivity index (χ4v) is 2.81. The van der Waals surface area contributed by atoms with Gasteiger partial charge in [-0.1, -0.05) is 18.2 Å². The van der Waals surface area contributed by atoms with Crippen molar-refractivity contribution < 1.29 is 0 Å². The zero-order valence-corrected chi connectivity index (χ0v) is 13.1. The molecule has 0 atom stereocenters. The predicted molar refractivity (Wildman–Crippen MR) is 88.9 cm³/mol. The van der Waals surface area contributed by atoms with Crippen molar-refractivity contribution in [1.29, 1.82) is 0 Å². The Balaban J connectivity index is 2.05. The molecule has 8 heteroatoms. The summed E-state index contributed by atoms with van der Waals surface area (Å²) in [5.41, 5.74) is 1.14. The summed E-state index contributed by atoms with van der Waals surface area (Å²) in [6, 6.07) is 10.6. The first-order valence-corrected chi connectivity index (χ1v) is 7.38. The second-order valence-electron chi connectivity index (χ2n) is 5.50. The molecule has 3 heterocycles. The Bertz CT molecular complexity index is 1160. The van der Waals surface area contributed by atoms with Crippen molar-refractivity contribution in [3.63, 3.8) is 0 Å². The minimum Gasteiger partial charge on any atom is -0.290 e. The van der Waals surface area contributed by atoms with Gasteiger partial charge < -0.3 is 0 Å². The monoisotopic (exact) mass is 322 g/mol. The van der Waals surface area contributed by atoms with Crippen LogP contribution in [-0.2, 0) is 0 Å². The fourth-order valence-electron chi connectivity index (χ4n) is 2.81. The van der Waals surface area contributed by atoms with Gasteiger partial charge in [-0.3, -0.25) is 19.8 Å². The molecule has 0 spiro atoms. The number of nitrogens with one attached hydrogen (secondary N) is 2. The Morgan fingerprint density at radius 3 is 2.50 bits per heavy atom. The van der Waals surface area contributed by atoms with Crippen molar-refractivity contribution in [2.24, 2.45) is 0 Å². The average molecular weight is 322 g/mol. The quantitative estimate of drug-likeness (QED) is 0.579. The lowest BCUT2D eigenvalue weighted by atomic mass is 10.2. The van der Waals surface area contributed by atoms with Crippen LogP contribution >= 0.6 is 0 Å². The molecule has 0 saturated heterocycles. The molecule has 0 aliphatic heterocycles. The van der Waals surface area contributed by atoms with Gasteiger partial charge in [0.05, 0.1) is 16.6 Å². The number of aryl methyl sites for hydroxylation is 2. The third kappa shape index (κ3) is 2.00. The second-order valence-corrected chi connectivity index (χ2v) is 5.50. The first kappa shape index (κ1) is 14.2. The summed E-state index contributed by atoms with van der Waals surface area (Å²) in [7, 11) is 0. The van der Waals surface area contributed by atoms with Crippen LogP contribution < -0.4 is 11.1 Å². The second kappa shape index (κ2) is 5.05. The lowest BCUT2D eigenvalue weighted by Gasteiger charge is -2.04. The van der Waals surface area contributed by atoms with E-state index in [0.717, 1.165) is 0 Å². The molecule has 2 N–H and O–H groups in total. The minimum absolute atomic E-state index is 0.226. The summed E-state index contributed by atoms with van der Waals surface area (Å²) in [5.74, 6) is 0.816. The fraction of sp³-hybridized carbons (Fsp3) is 0.125. The van der Waals surface area contributed by atoms with Crippen LogP contribution in [0.4, 0.5) is 0 Å². The Hall–Kier alpha value is -3.42. The molecule has 0 amide bonds. The number of hydrogen-bond donors (Lipinski definition) is 2. The van der Waals surface area contributed by atoms with Gasteiger partial charge in [-0.2, -0.15) is 4.98 Å². The number of H-pyrrole nitrogens is 2. The molecular weight excluding hydrogens is 308 g/mol. The Kier molecular flexibility index (Phi) is 2.99. The van der Waals surface area contributed by atoms with Crippen LogP contribution in [0.15, 0.2) is 46.0 Å². The molecule has 3 aromatic heterocycles. The topological polar surface area (TPSA) is 101 Å². The van der Waals surface area contributed by atoms with E-state index in [0.29, 0.717) is 28.1 Å². The predicted octanol–water partition coefficient (Wildman–Crippen LogP) is 1.20. The maximum absolute atomic E-state index is 12.8. The first-order valence-electron chi connectivity index (χ1n) is 7.38. The molecule has 4 aromatic rings. The summed E-state index contributed by atoms with van der Waals surface area (Å²) in [5, 5.41) is 10.1. The molecule has 0 fully saturated rings. The van der Waals surface area contributed by atoms with Crippen molar-refractivity contribution in [2.45, 2.75) is 13.8 Å². The molecular formula is C16H14N6O2. The maximum Gasteiger partial charge on any atom is 0.280 e. The summed E-state index contributed by atoms with van der Waals surface area (Å²) in [6.45, 7) is 3.45. The SMILES string of the molecule is Cc1nc(-n2c(C)c3c(=O)n(-c4ccccc4)[nH]c3cc2=O)n[nH]1. The number of fused-ring (bicyclic) bond motifs is 1. The molecule has 0 bridgehead atoms. The summed E-state index contributed by atoms with van der Waals surface area (Å²) < 4.78 is 2.75. The smallest absolute Gasteiger partial charge is 0.280 e. The van der Waals surface area contributed by atoms with Crippen LogP contribution in [0.2, 0.25) is 0 Å². The van der Waals surface area contributed by atoms with Gasteiger partial charge in [-0.25, -0.2) is 9.25 Å². The highest BCUT2D eigenvalue weighted by Gasteiger charge is 2.17. The van der Waals surface area contributed by atoms with E-state index in [2.05, 4.69) is 20.3 Å². The Morgan fingerprint density at radius 2 is 1.83 bits per heavy atom. The lowest BCUT2D eigenvalue weighted by molar-refractivity contribution is 0.863. The average Bonchev–Trinajstić information content (AvgIpc) is 3.12. The van der Waals surface area contributed by atoms with Gasteiger partial charge in [-0.15, -0.1) is 5.10 Å². The van der Waals surface area contributed by atoms with Crippen molar-refractivity contribution in [3.8, 4) is 11.6 Å². The van der Waals surface area contributed by atoms with Gasteiger partial charge in [0.1, 0.15) is 5.82 Å². The number of aromatic amines is 2. The third-order valence-corrected chi connectivity index (χ3v) is 3.90. The standard InChI is InChI=1S/C16H14N6O2/c1-9-14-12(8-13(23)21(9)16-17-10(2)18-19-16)20-22(15(14)24)11-6-4-3-5-7-11/h3-8,20H,1-2H3,(H,17,18,19). The van der Waals surface area contributed by atoms with Gasteiger partial charge in [0.2, 0.25) is 0 Å². The highest BCUT2D eigenvalue weighted by molar-refractivity contribution is 5.81. The highest BCUT2D eigenvalue weighted by Crippen LogP contribution is 2.15. The van der Waals surface area contributed by atoms with Crippen LogP contribution in [0, 0.1) is 13.8 Å². The molecule has 0 radical (unpaired) electrons.